The molecule has 2 rings (SSSR count). The number of nitriles is 1. The molecule has 1 aliphatic rings. The third-order valence-corrected chi connectivity index (χ3v) is 2.22. The largest absolute Gasteiger partial charge is 0.336 e. The smallest absolute Gasteiger partial charge is 0.322 e. The average Bonchev–Trinajstić information content (AvgIpc) is 2.64. The second-order valence-corrected chi connectivity index (χ2v) is 3.16. The lowest BCUT2D eigenvalue weighted by atomic mass is 10.2. The number of nitrogens with zero attached hydrogens (tertiary/aromatic N) is 2. The van der Waals surface area contributed by atoms with Crippen LogP contribution in [0.5, 0.6) is 0 Å². The fourth-order valence-corrected chi connectivity index (χ4v) is 1.50. The molecule has 0 spiro atoms. The number of halogens is 1. The highest BCUT2D eigenvalue weighted by atomic mass is 19.1. The second kappa shape index (κ2) is 3.58. The Balaban J connectivity index is 2.37. The summed E-state index contributed by atoms with van der Waals surface area (Å²) in [7, 11) is 0. The number of carbonyl (C=O) groups excluding carboxylic acids is 1. The molecule has 0 aromatic heterocycles. The zero-order valence-corrected chi connectivity index (χ0v) is 7.83. The lowest BCUT2D eigenvalue weighted by molar-refractivity contribution is 0.252. The highest BCUT2D eigenvalue weighted by Crippen LogP contribution is 2.21. The Morgan fingerprint density at radius 1 is 1.53 bits per heavy atom. The van der Waals surface area contributed by atoms with Crippen molar-refractivity contribution in [3.8, 4) is 6.07 Å². The summed E-state index contributed by atoms with van der Waals surface area (Å²) in [5.74, 6) is -0.550. The monoisotopic (exact) mass is 205 g/mol. The first-order valence-electron chi connectivity index (χ1n) is 4.47. The van der Waals surface area contributed by atoms with Crippen molar-refractivity contribution in [3.05, 3.63) is 29.6 Å². The molecule has 1 aliphatic heterocycles. The molecular weight excluding hydrogens is 197 g/mol. The third kappa shape index (κ3) is 1.62. The molecule has 0 atom stereocenters. The number of urea groups is 1. The normalized spacial score (nSPS) is 14.9. The van der Waals surface area contributed by atoms with Crippen LogP contribution in [0.25, 0.3) is 0 Å². The molecule has 0 unspecified atom stereocenters. The Morgan fingerprint density at radius 3 is 2.87 bits per heavy atom. The molecule has 2 amide bonds. The summed E-state index contributed by atoms with van der Waals surface area (Å²) in [6, 6.07) is 5.59. The van der Waals surface area contributed by atoms with Gasteiger partial charge in [0.1, 0.15) is 5.82 Å². The van der Waals surface area contributed by atoms with Crippen LogP contribution in [0.1, 0.15) is 5.56 Å². The molecule has 0 bridgehead atoms. The van der Waals surface area contributed by atoms with Gasteiger partial charge in [0.2, 0.25) is 0 Å². The van der Waals surface area contributed by atoms with E-state index in [2.05, 4.69) is 5.32 Å². The highest BCUT2D eigenvalue weighted by Gasteiger charge is 2.23. The number of carbonyl (C=O) groups is 1. The van der Waals surface area contributed by atoms with Gasteiger partial charge >= 0.3 is 6.03 Å². The Morgan fingerprint density at radius 2 is 2.33 bits per heavy atom. The Hall–Kier alpha value is -2.09. The summed E-state index contributed by atoms with van der Waals surface area (Å²) < 4.78 is 13.5. The van der Waals surface area contributed by atoms with Gasteiger partial charge in [-0.05, 0) is 18.2 Å². The molecule has 1 aromatic carbocycles. The Kier molecular flexibility index (Phi) is 2.26. The van der Waals surface area contributed by atoms with Gasteiger partial charge in [-0.1, -0.05) is 0 Å². The van der Waals surface area contributed by atoms with E-state index in [1.54, 1.807) is 0 Å². The van der Waals surface area contributed by atoms with E-state index in [1.165, 1.54) is 17.0 Å². The lowest BCUT2D eigenvalue weighted by Gasteiger charge is -2.14. The topological polar surface area (TPSA) is 56.1 Å². The van der Waals surface area contributed by atoms with Gasteiger partial charge in [-0.3, -0.25) is 4.90 Å². The van der Waals surface area contributed by atoms with E-state index in [4.69, 9.17) is 5.26 Å². The van der Waals surface area contributed by atoms with E-state index in [0.29, 0.717) is 13.1 Å². The number of hydrogen-bond acceptors (Lipinski definition) is 2. The first kappa shape index (κ1) is 9.46. The molecule has 0 saturated carbocycles. The highest BCUT2D eigenvalue weighted by molar-refractivity contribution is 5.94. The third-order valence-electron chi connectivity index (χ3n) is 2.22. The predicted molar refractivity (Wildman–Crippen MR) is 51.9 cm³/mol. The van der Waals surface area contributed by atoms with Crippen LogP contribution in [-0.2, 0) is 0 Å². The second-order valence-electron chi connectivity index (χ2n) is 3.16. The van der Waals surface area contributed by atoms with Crippen molar-refractivity contribution in [1.82, 2.24) is 5.32 Å². The molecule has 1 heterocycles. The van der Waals surface area contributed by atoms with Gasteiger partial charge in [-0.2, -0.15) is 5.26 Å². The van der Waals surface area contributed by atoms with Crippen LogP contribution >= 0.6 is 0 Å². The lowest BCUT2D eigenvalue weighted by Crippen LogP contribution is -2.28. The number of benzene rings is 1. The first-order chi connectivity index (χ1) is 7.22. The van der Waals surface area contributed by atoms with E-state index in [9.17, 15) is 9.18 Å². The van der Waals surface area contributed by atoms with Crippen molar-refractivity contribution in [1.29, 1.82) is 5.26 Å². The van der Waals surface area contributed by atoms with Gasteiger partial charge in [-0.25, -0.2) is 9.18 Å². The van der Waals surface area contributed by atoms with Gasteiger partial charge in [0, 0.05) is 13.1 Å². The average molecular weight is 205 g/mol. The molecule has 1 fully saturated rings. The van der Waals surface area contributed by atoms with Crippen LogP contribution in [0, 0.1) is 17.1 Å². The molecule has 4 nitrogen and oxygen atoms in total. The SMILES string of the molecule is N#Cc1ccc(N2CCNC2=O)c(F)c1. The standard InChI is InChI=1S/C10H8FN3O/c11-8-5-7(6-12)1-2-9(8)14-4-3-13-10(14)15/h1-2,5H,3-4H2,(H,13,15). The zero-order chi connectivity index (χ0) is 10.8. The van der Waals surface area contributed by atoms with E-state index >= 15 is 0 Å². The van der Waals surface area contributed by atoms with Crippen molar-refractivity contribution in [3.63, 3.8) is 0 Å². The summed E-state index contributed by atoms with van der Waals surface area (Å²) in [6.45, 7) is 0.958. The Labute approximate surface area is 85.9 Å². The van der Waals surface area contributed by atoms with Gasteiger partial charge in [0.25, 0.3) is 0 Å². The van der Waals surface area contributed by atoms with Gasteiger partial charge in [-0.15, -0.1) is 0 Å². The van der Waals surface area contributed by atoms with Crippen LogP contribution in [-0.4, -0.2) is 19.1 Å². The van der Waals surface area contributed by atoms with Crippen LogP contribution in [0.15, 0.2) is 18.2 Å². The molecule has 5 heteroatoms. The summed E-state index contributed by atoms with van der Waals surface area (Å²) in [4.78, 5) is 12.6. The van der Waals surface area contributed by atoms with E-state index in [0.717, 1.165) is 6.07 Å². The molecule has 0 aliphatic carbocycles. The fraction of sp³-hybridized carbons (Fsp3) is 0.200. The van der Waals surface area contributed by atoms with E-state index < -0.39 is 5.82 Å². The molecule has 1 aromatic rings. The Bertz CT molecular complexity index is 452. The van der Waals surface area contributed by atoms with Crippen LogP contribution in [0.4, 0.5) is 14.9 Å². The van der Waals surface area contributed by atoms with Crippen LogP contribution in [0.3, 0.4) is 0 Å². The number of rotatable bonds is 1. The van der Waals surface area contributed by atoms with Crippen molar-refractivity contribution in [2.24, 2.45) is 0 Å². The molecule has 0 radical (unpaired) electrons. The van der Waals surface area contributed by atoms with Crippen molar-refractivity contribution in [2.45, 2.75) is 0 Å². The molecular formula is C10H8FN3O. The van der Waals surface area contributed by atoms with Gasteiger partial charge < -0.3 is 5.32 Å². The van der Waals surface area contributed by atoms with Crippen molar-refractivity contribution in [2.75, 3.05) is 18.0 Å². The van der Waals surface area contributed by atoms with Crippen LogP contribution < -0.4 is 10.2 Å². The van der Waals surface area contributed by atoms with E-state index in [1.807, 2.05) is 6.07 Å². The summed E-state index contributed by atoms with van der Waals surface area (Å²) in [5.41, 5.74) is 0.458. The van der Waals surface area contributed by atoms with Crippen molar-refractivity contribution >= 4 is 11.7 Å². The minimum atomic E-state index is -0.550. The number of anilines is 1. The fourth-order valence-electron chi connectivity index (χ4n) is 1.50. The zero-order valence-electron chi connectivity index (χ0n) is 7.83. The van der Waals surface area contributed by atoms with Gasteiger partial charge in [0.05, 0.1) is 17.3 Å². The quantitative estimate of drug-likeness (QED) is 0.749. The van der Waals surface area contributed by atoms with Crippen LogP contribution in [0.2, 0.25) is 0 Å². The summed E-state index contributed by atoms with van der Waals surface area (Å²) in [5, 5.41) is 11.1. The minimum absolute atomic E-state index is 0.212. The number of amides is 2. The van der Waals surface area contributed by atoms with Gasteiger partial charge in [0.15, 0.2) is 0 Å². The molecule has 1 saturated heterocycles. The molecule has 15 heavy (non-hydrogen) atoms. The minimum Gasteiger partial charge on any atom is -0.336 e. The first-order valence-corrected chi connectivity index (χ1v) is 4.47. The maximum atomic E-state index is 13.5. The molecule has 76 valence electrons. The van der Waals surface area contributed by atoms with E-state index in [-0.39, 0.29) is 17.3 Å². The van der Waals surface area contributed by atoms with Crippen molar-refractivity contribution < 1.29 is 9.18 Å². The maximum Gasteiger partial charge on any atom is 0.322 e. The summed E-state index contributed by atoms with van der Waals surface area (Å²) in [6.07, 6.45) is 0. The number of hydrogen-bond donors (Lipinski definition) is 1. The maximum absolute atomic E-state index is 13.5. The molecule has 1 N–H and O–H groups in total. The number of nitrogens with one attached hydrogen (secondary N) is 1. The predicted octanol–water partition coefficient (Wildman–Crippen LogP) is 1.23. The summed E-state index contributed by atoms with van der Waals surface area (Å²) >= 11 is 0.